The molecule has 0 aromatic heterocycles. The van der Waals surface area contributed by atoms with Gasteiger partial charge in [0.25, 0.3) is 0 Å². The van der Waals surface area contributed by atoms with Crippen LogP contribution in [0.1, 0.15) is 47.0 Å². The van der Waals surface area contributed by atoms with Gasteiger partial charge in [-0.3, -0.25) is 4.79 Å². The van der Waals surface area contributed by atoms with Crippen LogP contribution in [0.2, 0.25) is 0 Å². The van der Waals surface area contributed by atoms with Crippen LogP contribution < -0.4 is 5.32 Å². The molecule has 1 atom stereocenters. The quantitative estimate of drug-likeness (QED) is 0.721. The molecule has 0 rings (SSSR count). The molecule has 0 aliphatic carbocycles. The van der Waals surface area contributed by atoms with Crippen LogP contribution in [0, 0.1) is 16.7 Å². The average Bonchev–Trinajstić information content (AvgIpc) is 2.40. The molecule has 1 N–H and O–H groups in total. The van der Waals surface area contributed by atoms with E-state index >= 15 is 0 Å². The molecule has 1 amide bonds. The normalized spacial score (nSPS) is 13.2. The summed E-state index contributed by atoms with van der Waals surface area (Å²) in [5.74, 6) is -0.132. The molecule has 1 unspecified atom stereocenters. The second-order valence-corrected chi connectivity index (χ2v) is 4.89. The van der Waals surface area contributed by atoms with E-state index in [1.807, 2.05) is 13.8 Å². The van der Waals surface area contributed by atoms with Crippen molar-refractivity contribution in [3.8, 4) is 6.07 Å². The summed E-state index contributed by atoms with van der Waals surface area (Å²) < 4.78 is 0. The van der Waals surface area contributed by atoms with Crippen LogP contribution in [0.15, 0.2) is 0 Å². The number of carbonyl (C=O) groups excluding carboxylic acids is 1. The Morgan fingerprint density at radius 3 is 2.33 bits per heavy atom. The van der Waals surface area contributed by atoms with E-state index in [1.165, 1.54) is 0 Å². The van der Waals surface area contributed by atoms with Gasteiger partial charge in [-0.15, -0.1) is 0 Å². The van der Waals surface area contributed by atoms with Gasteiger partial charge in [0, 0.05) is 19.1 Å². The fourth-order valence-electron chi connectivity index (χ4n) is 1.83. The molecule has 0 radical (unpaired) electrons. The van der Waals surface area contributed by atoms with Gasteiger partial charge in [-0.05, 0) is 33.2 Å². The number of carbonyl (C=O) groups is 1. The number of likely N-dealkylation sites (N-methyl/N-ethyl adjacent to an activating group) is 1. The van der Waals surface area contributed by atoms with Gasteiger partial charge in [0.15, 0.2) is 0 Å². The first-order valence-electron chi connectivity index (χ1n) is 6.87. The zero-order valence-electron chi connectivity index (χ0n) is 12.4. The predicted molar refractivity (Wildman–Crippen MR) is 74.0 cm³/mol. The summed E-state index contributed by atoms with van der Waals surface area (Å²) in [4.78, 5) is 14.2. The molecule has 0 heterocycles. The van der Waals surface area contributed by atoms with Crippen molar-refractivity contribution in [2.45, 2.75) is 53.0 Å². The molecular weight excluding hydrogens is 226 g/mol. The SMILES string of the molecule is CCC(C)N(C)CCNC(=O)C(C#N)(CC)CC. The number of hydrogen-bond acceptors (Lipinski definition) is 3. The molecule has 4 nitrogen and oxygen atoms in total. The van der Waals surface area contributed by atoms with Gasteiger partial charge >= 0.3 is 0 Å². The van der Waals surface area contributed by atoms with Crippen molar-refractivity contribution < 1.29 is 4.79 Å². The monoisotopic (exact) mass is 253 g/mol. The first kappa shape index (κ1) is 16.9. The van der Waals surface area contributed by atoms with Crippen molar-refractivity contribution in [3.05, 3.63) is 0 Å². The van der Waals surface area contributed by atoms with Gasteiger partial charge in [0.05, 0.1) is 6.07 Å². The standard InChI is InChI=1S/C14H27N3O/c1-6-12(4)17(5)10-9-16-13(18)14(7-2,8-3)11-15/h12H,6-10H2,1-5H3,(H,16,18). The van der Waals surface area contributed by atoms with E-state index in [4.69, 9.17) is 5.26 Å². The zero-order chi connectivity index (χ0) is 14.2. The molecule has 0 aromatic carbocycles. The molecule has 0 saturated carbocycles. The minimum absolute atomic E-state index is 0.132. The van der Waals surface area contributed by atoms with E-state index in [-0.39, 0.29) is 5.91 Å². The second kappa shape index (κ2) is 8.10. The van der Waals surface area contributed by atoms with Crippen LogP contribution in [0.4, 0.5) is 0 Å². The molecule has 0 fully saturated rings. The molecule has 0 aromatic rings. The second-order valence-electron chi connectivity index (χ2n) is 4.89. The Morgan fingerprint density at radius 1 is 1.39 bits per heavy atom. The summed E-state index contributed by atoms with van der Waals surface area (Å²) in [6, 6.07) is 2.67. The van der Waals surface area contributed by atoms with Crippen molar-refractivity contribution in [1.29, 1.82) is 5.26 Å². The van der Waals surface area contributed by atoms with Gasteiger partial charge in [-0.1, -0.05) is 20.8 Å². The highest BCUT2D eigenvalue weighted by molar-refractivity contribution is 5.85. The lowest BCUT2D eigenvalue weighted by molar-refractivity contribution is -0.128. The Bertz CT molecular complexity index is 292. The van der Waals surface area contributed by atoms with Crippen molar-refractivity contribution in [3.63, 3.8) is 0 Å². The van der Waals surface area contributed by atoms with Crippen molar-refractivity contribution in [1.82, 2.24) is 10.2 Å². The van der Waals surface area contributed by atoms with Crippen LogP contribution in [0.5, 0.6) is 0 Å². The minimum Gasteiger partial charge on any atom is -0.353 e. The van der Waals surface area contributed by atoms with Crippen LogP contribution in [0.3, 0.4) is 0 Å². The van der Waals surface area contributed by atoms with Crippen LogP contribution in [0.25, 0.3) is 0 Å². The van der Waals surface area contributed by atoms with Gasteiger partial charge in [0.2, 0.25) is 5.91 Å². The summed E-state index contributed by atoms with van der Waals surface area (Å²) in [6.07, 6.45) is 2.22. The third kappa shape index (κ3) is 4.30. The molecule has 18 heavy (non-hydrogen) atoms. The van der Waals surface area contributed by atoms with Crippen molar-refractivity contribution >= 4 is 5.91 Å². The van der Waals surface area contributed by atoms with E-state index in [9.17, 15) is 4.79 Å². The third-order valence-corrected chi connectivity index (χ3v) is 3.95. The lowest BCUT2D eigenvalue weighted by Crippen LogP contribution is -2.43. The maximum absolute atomic E-state index is 12.0. The van der Waals surface area contributed by atoms with Crippen LogP contribution in [-0.4, -0.2) is 37.0 Å². The summed E-state index contributed by atoms with van der Waals surface area (Å²) >= 11 is 0. The fourth-order valence-corrected chi connectivity index (χ4v) is 1.83. The van der Waals surface area contributed by atoms with E-state index in [1.54, 1.807) is 0 Å². The summed E-state index contributed by atoms with van der Waals surface area (Å²) in [5.41, 5.74) is -0.852. The molecule has 0 aliphatic rings. The predicted octanol–water partition coefficient (Wildman–Crippen LogP) is 2.16. The van der Waals surface area contributed by atoms with Gasteiger partial charge in [-0.25, -0.2) is 0 Å². The Labute approximate surface area is 111 Å². The molecule has 4 heteroatoms. The van der Waals surface area contributed by atoms with E-state index < -0.39 is 5.41 Å². The third-order valence-electron chi connectivity index (χ3n) is 3.95. The lowest BCUT2D eigenvalue weighted by atomic mass is 9.83. The van der Waals surface area contributed by atoms with E-state index in [0.29, 0.717) is 25.4 Å². The average molecular weight is 253 g/mol. The lowest BCUT2D eigenvalue weighted by Gasteiger charge is -2.26. The summed E-state index contributed by atoms with van der Waals surface area (Å²) in [6.45, 7) is 9.50. The van der Waals surface area contributed by atoms with E-state index in [0.717, 1.165) is 13.0 Å². The van der Waals surface area contributed by atoms with Crippen LogP contribution >= 0.6 is 0 Å². The Kier molecular flexibility index (Phi) is 7.61. The van der Waals surface area contributed by atoms with Gasteiger partial charge < -0.3 is 10.2 Å². The number of rotatable bonds is 8. The summed E-state index contributed by atoms with van der Waals surface area (Å²) in [5, 5.41) is 12.0. The molecule has 0 aliphatic heterocycles. The number of nitrogens with zero attached hydrogens (tertiary/aromatic N) is 2. The molecule has 104 valence electrons. The zero-order valence-corrected chi connectivity index (χ0v) is 12.4. The maximum Gasteiger partial charge on any atom is 0.240 e. The highest BCUT2D eigenvalue weighted by atomic mass is 16.2. The topological polar surface area (TPSA) is 56.1 Å². The Hall–Kier alpha value is -1.08. The highest BCUT2D eigenvalue weighted by Gasteiger charge is 2.34. The van der Waals surface area contributed by atoms with E-state index in [2.05, 4.69) is 37.2 Å². The smallest absolute Gasteiger partial charge is 0.240 e. The Balaban J connectivity index is 4.23. The first-order valence-corrected chi connectivity index (χ1v) is 6.87. The highest BCUT2D eigenvalue weighted by Crippen LogP contribution is 2.25. The molecular formula is C14H27N3O. The number of hydrogen-bond donors (Lipinski definition) is 1. The first-order chi connectivity index (χ1) is 8.47. The molecule has 0 bridgehead atoms. The maximum atomic E-state index is 12.0. The van der Waals surface area contributed by atoms with Gasteiger partial charge in [0.1, 0.15) is 5.41 Å². The van der Waals surface area contributed by atoms with Crippen molar-refractivity contribution in [2.75, 3.05) is 20.1 Å². The van der Waals surface area contributed by atoms with Crippen molar-refractivity contribution in [2.24, 2.45) is 5.41 Å². The molecule has 0 saturated heterocycles. The number of amides is 1. The largest absolute Gasteiger partial charge is 0.353 e. The number of nitrogens with one attached hydrogen (secondary N) is 1. The number of nitriles is 1. The molecule has 0 spiro atoms. The Morgan fingerprint density at radius 2 is 1.94 bits per heavy atom. The van der Waals surface area contributed by atoms with Gasteiger partial charge in [-0.2, -0.15) is 5.26 Å². The fraction of sp³-hybridized carbons (Fsp3) is 0.857. The van der Waals surface area contributed by atoms with Crippen LogP contribution in [-0.2, 0) is 4.79 Å². The minimum atomic E-state index is -0.852. The summed E-state index contributed by atoms with van der Waals surface area (Å²) in [7, 11) is 2.05.